The number of rotatable bonds is 3. The Morgan fingerprint density at radius 3 is 2.18 bits per heavy atom. The number of carboxylic acids is 1. The van der Waals surface area contributed by atoms with Gasteiger partial charge in [-0.3, -0.25) is 9.79 Å². The van der Waals surface area contributed by atoms with Crippen LogP contribution in [0, 0.1) is 5.41 Å². The van der Waals surface area contributed by atoms with Crippen molar-refractivity contribution in [3.63, 3.8) is 0 Å². The van der Waals surface area contributed by atoms with Crippen LogP contribution in [0.2, 0.25) is 0 Å². The van der Waals surface area contributed by atoms with E-state index in [4.69, 9.17) is 5.11 Å². The highest BCUT2D eigenvalue weighted by atomic mass is 16.4. The summed E-state index contributed by atoms with van der Waals surface area (Å²) in [4.78, 5) is 14.6. The molecule has 0 heterocycles. The van der Waals surface area contributed by atoms with Gasteiger partial charge in [0.15, 0.2) is 0 Å². The lowest BCUT2D eigenvalue weighted by Gasteiger charge is -2.15. The van der Waals surface area contributed by atoms with Gasteiger partial charge in [0.25, 0.3) is 0 Å². The fourth-order valence-electron chi connectivity index (χ4n) is 0.423. The second-order valence-electron chi connectivity index (χ2n) is 3.45. The van der Waals surface area contributed by atoms with Gasteiger partial charge in [0, 0.05) is 5.71 Å². The summed E-state index contributed by atoms with van der Waals surface area (Å²) in [7, 11) is 0. The Hall–Kier alpha value is -0.860. The van der Waals surface area contributed by atoms with Crippen molar-refractivity contribution in [2.24, 2.45) is 10.4 Å². The average Bonchev–Trinajstić information content (AvgIpc) is 1.84. The van der Waals surface area contributed by atoms with E-state index in [0.717, 1.165) is 5.71 Å². The van der Waals surface area contributed by atoms with Crippen LogP contribution in [0.25, 0.3) is 0 Å². The molecule has 0 spiro atoms. The molecule has 0 saturated heterocycles. The zero-order valence-corrected chi connectivity index (χ0v) is 7.51. The molecular weight excluding hydrogens is 142 g/mol. The fourth-order valence-corrected chi connectivity index (χ4v) is 0.423. The number of aliphatic imine (C=N–C) groups is 1. The molecule has 0 aromatic rings. The van der Waals surface area contributed by atoms with E-state index in [9.17, 15) is 4.79 Å². The first-order valence-corrected chi connectivity index (χ1v) is 3.57. The molecule has 0 atom stereocenters. The first-order valence-electron chi connectivity index (χ1n) is 3.57. The maximum Gasteiger partial charge on any atom is 0.310 e. The molecular formula is C8H15NO2. The molecule has 0 unspecified atom stereocenters. The van der Waals surface area contributed by atoms with Crippen LogP contribution in [-0.2, 0) is 4.79 Å². The van der Waals surface area contributed by atoms with Crippen molar-refractivity contribution >= 4 is 11.7 Å². The molecule has 0 aliphatic rings. The minimum atomic E-state index is -0.803. The number of nitrogens with zero attached hydrogens (tertiary/aromatic N) is 1. The van der Waals surface area contributed by atoms with E-state index in [1.165, 1.54) is 0 Å². The van der Waals surface area contributed by atoms with Crippen molar-refractivity contribution in [2.45, 2.75) is 27.7 Å². The lowest BCUT2D eigenvalue weighted by atomic mass is 9.94. The van der Waals surface area contributed by atoms with Crippen molar-refractivity contribution in [1.29, 1.82) is 0 Å². The molecule has 0 radical (unpaired) electrons. The standard InChI is InChI=1S/C8H15NO2/c1-6(2)9-5-8(3,4)7(10)11/h5H2,1-4H3,(H,10,11). The highest BCUT2D eigenvalue weighted by Gasteiger charge is 2.26. The minimum absolute atomic E-state index is 0.352. The van der Waals surface area contributed by atoms with E-state index in [2.05, 4.69) is 4.99 Å². The zero-order chi connectivity index (χ0) is 9.07. The van der Waals surface area contributed by atoms with Crippen molar-refractivity contribution in [3.05, 3.63) is 0 Å². The molecule has 3 nitrogen and oxygen atoms in total. The lowest BCUT2D eigenvalue weighted by molar-refractivity contribution is -0.146. The normalized spacial score (nSPS) is 10.9. The summed E-state index contributed by atoms with van der Waals surface area (Å²) in [5.74, 6) is -0.803. The molecule has 0 saturated carbocycles. The Bertz CT molecular complexity index is 179. The van der Waals surface area contributed by atoms with E-state index < -0.39 is 11.4 Å². The van der Waals surface area contributed by atoms with Crippen molar-refractivity contribution in [2.75, 3.05) is 6.54 Å². The Morgan fingerprint density at radius 1 is 1.45 bits per heavy atom. The third kappa shape index (κ3) is 3.75. The Balaban J connectivity index is 4.14. The van der Waals surface area contributed by atoms with Crippen LogP contribution in [0.15, 0.2) is 4.99 Å². The molecule has 0 aromatic carbocycles. The lowest BCUT2D eigenvalue weighted by Crippen LogP contribution is -2.27. The largest absolute Gasteiger partial charge is 0.481 e. The molecule has 3 heteroatoms. The number of hydrogen-bond donors (Lipinski definition) is 1. The van der Waals surface area contributed by atoms with Gasteiger partial charge in [-0.25, -0.2) is 0 Å². The van der Waals surface area contributed by atoms with Crippen LogP contribution in [0.3, 0.4) is 0 Å². The maximum atomic E-state index is 10.6. The number of carboxylic acid groups (broad SMARTS) is 1. The second kappa shape index (κ2) is 3.51. The van der Waals surface area contributed by atoms with Crippen LogP contribution >= 0.6 is 0 Å². The van der Waals surface area contributed by atoms with E-state index in [1.54, 1.807) is 13.8 Å². The quantitative estimate of drug-likeness (QED) is 0.632. The first-order chi connectivity index (χ1) is 4.86. The van der Waals surface area contributed by atoms with E-state index >= 15 is 0 Å². The van der Waals surface area contributed by atoms with Crippen molar-refractivity contribution in [3.8, 4) is 0 Å². The first kappa shape index (κ1) is 10.1. The van der Waals surface area contributed by atoms with Gasteiger partial charge in [-0.05, 0) is 27.7 Å². The summed E-state index contributed by atoms with van der Waals surface area (Å²) < 4.78 is 0. The number of hydrogen-bond acceptors (Lipinski definition) is 2. The van der Waals surface area contributed by atoms with Gasteiger partial charge in [0.05, 0.1) is 12.0 Å². The van der Waals surface area contributed by atoms with E-state index in [0.29, 0.717) is 6.54 Å². The van der Waals surface area contributed by atoms with Crippen LogP contribution in [0.5, 0.6) is 0 Å². The molecule has 0 aromatic heterocycles. The smallest absolute Gasteiger partial charge is 0.310 e. The Morgan fingerprint density at radius 2 is 1.91 bits per heavy atom. The van der Waals surface area contributed by atoms with Crippen molar-refractivity contribution < 1.29 is 9.90 Å². The predicted molar refractivity (Wildman–Crippen MR) is 45.1 cm³/mol. The van der Waals surface area contributed by atoms with Gasteiger partial charge >= 0.3 is 5.97 Å². The van der Waals surface area contributed by atoms with Gasteiger partial charge in [-0.1, -0.05) is 0 Å². The fraction of sp³-hybridized carbons (Fsp3) is 0.750. The molecule has 0 bridgehead atoms. The minimum Gasteiger partial charge on any atom is -0.481 e. The Kier molecular flexibility index (Phi) is 3.23. The average molecular weight is 157 g/mol. The van der Waals surface area contributed by atoms with E-state index in [-0.39, 0.29) is 0 Å². The molecule has 0 aliphatic heterocycles. The highest BCUT2D eigenvalue weighted by molar-refractivity contribution is 5.80. The summed E-state index contributed by atoms with van der Waals surface area (Å²) >= 11 is 0. The van der Waals surface area contributed by atoms with E-state index in [1.807, 2.05) is 13.8 Å². The predicted octanol–water partition coefficient (Wildman–Crippen LogP) is 1.58. The van der Waals surface area contributed by atoms with Crippen LogP contribution in [0.1, 0.15) is 27.7 Å². The molecule has 0 aliphatic carbocycles. The molecule has 0 fully saturated rings. The SMILES string of the molecule is CC(C)=NCC(C)(C)C(=O)O. The Labute approximate surface area is 67.1 Å². The third-order valence-corrected chi connectivity index (χ3v) is 1.37. The van der Waals surface area contributed by atoms with Gasteiger partial charge in [-0.2, -0.15) is 0 Å². The van der Waals surface area contributed by atoms with Gasteiger partial charge in [0.1, 0.15) is 0 Å². The van der Waals surface area contributed by atoms with Gasteiger partial charge in [-0.15, -0.1) is 0 Å². The van der Waals surface area contributed by atoms with Crippen LogP contribution in [-0.4, -0.2) is 23.3 Å². The summed E-state index contributed by atoms with van der Waals surface area (Å²) in [6.07, 6.45) is 0. The molecule has 64 valence electrons. The maximum absolute atomic E-state index is 10.6. The van der Waals surface area contributed by atoms with Gasteiger partial charge < -0.3 is 5.11 Å². The summed E-state index contributed by atoms with van der Waals surface area (Å²) in [5, 5.41) is 8.68. The third-order valence-electron chi connectivity index (χ3n) is 1.37. The van der Waals surface area contributed by atoms with Crippen LogP contribution in [0.4, 0.5) is 0 Å². The molecule has 0 rings (SSSR count). The van der Waals surface area contributed by atoms with Gasteiger partial charge in [0.2, 0.25) is 0 Å². The molecule has 1 N–H and O–H groups in total. The number of carbonyl (C=O) groups is 1. The number of aliphatic carboxylic acids is 1. The topological polar surface area (TPSA) is 49.7 Å². The van der Waals surface area contributed by atoms with Crippen LogP contribution < -0.4 is 0 Å². The zero-order valence-electron chi connectivity index (χ0n) is 7.51. The summed E-state index contributed by atoms with van der Waals surface area (Å²) in [6.45, 7) is 7.41. The molecule has 11 heavy (non-hydrogen) atoms. The monoisotopic (exact) mass is 157 g/mol. The summed E-state index contributed by atoms with van der Waals surface area (Å²) in [6, 6.07) is 0. The second-order valence-corrected chi connectivity index (χ2v) is 3.45. The molecule has 0 amide bonds. The summed E-state index contributed by atoms with van der Waals surface area (Å²) in [5.41, 5.74) is 0.177. The highest BCUT2D eigenvalue weighted by Crippen LogP contribution is 2.15. The van der Waals surface area contributed by atoms with Crippen molar-refractivity contribution in [1.82, 2.24) is 0 Å².